The van der Waals surface area contributed by atoms with E-state index < -0.39 is 0 Å². The highest BCUT2D eigenvalue weighted by Gasteiger charge is 2.14. The van der Waals surface area contributed by atoms with Gasteiger partial charge in [-0.05, 0) is 50.1 Å². The molecule has 156 valence electrons. The van der Waals surface area contributed by atoms with Gasteiger partial charge in [0, 0.05) is 29.8 Å². The van der Waals surface area contributed by atoms with Crippen molar-refractivity contribution in [2.75, 3.05) is 28.6 Å². The van der Waals surface area contributed by atoms with Crippen molar-refractivity contribution in [2.24, 2.45) is 0 Å². The number of thiazole rings is 1. The lowest BCUT2D eigenvalue weighted by atomic mass is 10.1. The van der Waals surface area contributed by atoms with Crippen LogP contribution in [-0.4, -0.2) is 29.9 Å². The third-order valence-electron chi connectivity index (χ3n) is 4.78. The molecule has 30 heavy (non-hydrogen) atoms. The van der Waals surface area contributed by atoms with E-state index >= 15 is 0 Å². The molecule has 3 rings (SSSR count). The van der Waals surface area contributed by atoms with Gasteiger partial charge in [-0.1, -0.05) is 30.3 Å². The Labute approximate surface area is 181 Å². The van der Waals surface area contributed by atoms with Crippen molar-refractivity contribution >= 4 is 39.7 Å². The first-order valence-corrected chi connectivity index (χ1v) is 10.8. The lowest BCUT2D eigenvalue weighted by Crippen LogP contribution is -2.22. The number of anilines is 3. The number of aryl methyl sites for hydroxylation is 1. The first kappa shape index (κ1) is 21.5. The SMILES string of the molecule is CCN(CC)c1ccc(NC(=O)c2csc(NC(=O)Cc3ccccc3)n2)c(C)c1. The quantitative estimate of drug-likeness (QED) is 0.550. The van der Waals surface area contributed by atoms with Crippen LogP contribution in [0.1, 0.15) is 35.5 Å². The molecule has 0 bridgehead atoms. The minimum atomic E-state index is -0.298. The number of benzene rings is 2. The number of carbonyl (C=O) groups is 2. The van der Waals surface area contributed by atoms with Gasteiger partial charge in [-0.2, -0.15) is 0 Å². The minimum Gasteiger partial charge on any atom is -0.372 e. The molecule has 1 heterocycles. The minimum absolute atomic E-state index is 0.162. The van der Waals surface area contributed by atoms with Crippen molar-refractivity contribution in [3.8, 4) is 0 Å². The predicted octanol–water partition coefficient (Wildman–Crippen LogP) is 4.73. The van der Waals surface area contributed by atoms with Crippen LogP contribution in [-0.2, 0) is 11.2 Å². The topological polar surface area (TPSA) is 74.3 Å². The molecule has 0 saturated carbocycles. The molecular formula is C23H26N4O2S. The van der Waals surface area contributed by atoms with Crippen molar-refractivity contribution in [3.05, 3.63) is 70.7 Å². The number of aromatic nitrogens is 1. The smallest absolute Gasteiger partial charge is 0.275 e. The van der Waals surface area contributed by atoms with E-state index in [-0.39, 0.29) is 23.9 Å². The van der Waals surface area contributed by atoms with Gasteiger partial charge in [-0.15, -0.1) is 11.3 Å². The van der Waals surface area contributed by atoms with Crippen LogP contribution in [0.25, 0.3) is 0 Å². The van der Waals surface area contributed by atoms with Gasteiger partial charge < -0.3 is 15.5 Å². The van der Waals surface area contributed by atoms with Crippen LogP contribution in [0.15, 0.2) is 53.9 Å². The molecule has 3 aromatic rings. The molecular weight excluding hydrogens is 396 g/mol. The molecule has 0 fully saturated rings. The Kier molecular flexibility index (Phi) is 7.19. The fourth-order valence-electron chi connectivity index (χ4n) is 3.14. The molecule has 0 radical (unpaired) electrons. The largest absolute Gasteiger partial charge is 0.372 e. The summed E-state index contributed by atoms with van der Waals surface area (Å²) in [6, 6.07) is 15.5. The highest BCUT2D eigenvalue weighted by atomic mass is 32.1. The van der Waals surface area contributed by atoms with Crippen molar-refractivity contribution in [3.63, 3.8) is 0 Å². The van der Waals surface area contributed by atoms with E-state index in [9.17, 15) is 9.59 Å². The molecule has 0 aliphatic carbocycles. The summed E-state index contributed by atoms with van der Waals surface area (Å²) in [5, 5.41) is 7.72. The van der Waals surface area contributed by atoms with E-state index in [1.165, 1.54) is 11.3 Å². The summed E-state index contributed by atoms with van der Waals surface area (Å²) in [6.07, 6.45) is 0.264. The standard InChI is InChI=1S/C23H26N4O2S/c1-4-27(5-2)18-11-12-19(16(3)13-18)24-22(29)20-15-30-23(25-20)26-21(28)14-17-9-7-6-8-10-17/h6-13,15H,4-5,14H2,1-3H3,(H,24,29)(H,25,26,28). The number of hydrogen-bond acceptors (Lipinski definition) is 5. The molecule has 6 nitrogen and oxygen atoms in total. The fourth-order valence-corrected chi connectivity index (χ4v) is 3.85. The maximum Gasteiger partial charge on any atom is 0.275 e. The second-order valence-corrected chi connectivity index (χ2v) is 7.73. The Balaban J connectivity index is 1.61. The molecule has 0 unspecified atom stereocenters. The average molecular weight is 423 g/mol. The summed E-state index contributed by atoms with van der Waals surface area (Å²) < 4.78 is 0. The van der Waals surface area contributed by atoms with Crippen molar-refractivity contribution in [1.29, 1.82) is 0 Å². The number of rotatable bonds is 8. The summed E-state index contributed by atoms with van der Waals surface area (Å²) in [4.78, 5) is 31.3. The van der Waals surface area contributed by atoms with Gasteiger partial charge in [0.1, 0.15) is 5.69 Å². The van der Waals surface area contributed by atoms with Crippen LogP contribution in [0.2, 0.25) is 0 Å². The second-order valence-electron chi connectivity index (χ2n) is 6.87. The summed E-state index contributed by atoms with van der Waals surface area (Å²) in [7, 11) is 0. The molecule has 2 aromatic carbocycles. The third-order valence-corrected chi connectivity index (χ3v) is 5.54. The highest BCUT2D eigenvalue weighted by Crippen LogP contribution is 2.24. The molecule has 2 amide bonds. The zero-order valence-corrected chi connectivity index (χ0v) is 18.3. The summed E-state index contributed by atoms with van der Waals surface area (Å²) in [5.41, 5.74) is 4.07. The van der Waals surface area contributed by atoms with Crippen LogP contribution in [0.4, 0.5) is 16.5 Å². The second kappa shape index (κ2) is 10.0. The zero-order chi connectivity index (χ0) is 21.5. The Bertz CT molecular complexity index is 1010. The highest BCUT2D eigenvalue weighted by molar-refractivity contribution is 7.14. The van der Waals surface area contributed by atoms with Crippen molar-refractivity contribution < 1.29 is 9.59 Å². The molecule has 2 N–H and O–H groups in total. The van der Waals surface area contributed by atoms with Gasteiger partial charge in [0.05, 0.1) is 6.42 Å². The van der Waals surface area contributed by atoms with E-state index in [4.69, 9.17) is 0 Å². The number of carbonyl (C=O) groups excluding carboxylic acids is 2. The molecule has 0 atom stereocenters. The van der Waals surface area contributed by atoms with Gasteiger partial charge in [0.15, 0.2) is 5.13 Å². The Morgan fingerprint density at radius 2 is 1.77 bits per heavy atom. The molecule has 1 aromatic heterocycles. The van der Waals surface area contributed by atoms with E-state index in [1.54, 1.807) is 5.38 Å². The lowest BCUT2D eigenvalue weighted by Gasteiger charge is -2.22. The Morgan fingerprint density at radius 3 is 2.43 bits per heavy atom. The van der Waals surface area contributed by atoms with Crippen LogP contribution in [0.3, 0.4) is 0 Å². The van der Waals surface area contributed by atoms with Gasteiger partial charge >= 0.3 is 0 Å². The summed E-state index contributed by atoms with van der Waals surface area (Å²) >= 11 is 1.23. The summed E-state index contributed by atoms with van der Waals surface area (Å²) in [6.45, 7) is 8.07. The maximum atomic E-state index is 12.6. The van der Waals surface area contributed by atoms with Gasteiger partial charge in [0.25, 0.3) is 5.91 Å². The van der Waals surface area contributed by atoms with Gasteiger partial charge in [0.2, 0.25) is 5.91 Å². The normalized spacial score (nSPS) is 10.5. The van der Waals surface area contributed by atoms with Crippen molar-refractivity contribution in [1.82, 2.24) is 4.98 Å². The zero-order valence-electron chi connectivity index (χ0n) is 17.4. The van der Waals surface area contributed by atoms with Crippen LogP contribution in [0.5, 0.6) is 0 Å². The van der Waals surface area contributed by atoms with E-state index in [2.05, 4.69) is 40.4 Å². The van der Waals surface area contributed by atoms with Crippen LogP contribution >= 0.6 is 11.3 Å². The van der Waals surface area contributed by atoms with Gasteiger partial charge in [-0.3, -0.25) is 9.59 Å². The van der Waals surface area contributed by atoms with Crippen molar-refractivity contribution in [2.45, 2.75) is 27.2 Å². The number of nitrogens with one attached hydrogen (secondary N) is 2. The van der Waals surface area contributed by atoms with E-state index in [0.717, 1.165) is 35.6 Å². The predicted molar refractivity (Wildman–Crippen MR) is 124 cm³/mol. The number of amides is 2. The average Bonchev–Trinajstić information content (AvgIpc) is 3.20. The van der Waals surface area contributed by atoms with E-state index in [0.29, 0.717) is 5.13 Å². The van der Waals surface area contributed by atoms with Gasteiger partial charge in [-0.25, -0.2) is 4.98 Å². The Hall–Kier alpha value is -3.19. The molecule has 0 spiro atoms. The van der Waals surface area contributed by atoms with Crippen LogP contribution < -0.4 is 15.5 Å². The third kappa shape index (κ3) is 5.45. The number of hydrogen-bond donors (Lipinski definition) is 2. The molecule has 0 aliphatic heterocycles. The lowest BCUT2D eigenvalue weighted by molar-refractivity contribution is -0.115. The van der Waals surface area contributed by atoms with Crippen LogP contribution in [0, 0.1) is 6.92 Å². The number of nitrogens with zero attached hydrogens (tertiary/aromatic N) is 2. The first-order chi connectivity index (χ1) is 14.5. The molecule has 0 aliphatic rings. The maximum absolute atomic E-state index is 12.6. The monoisotopic (exact) mass is 422 g/mol. The Morgan fingerprint density at radius 1 is 1.03 bits per heavy atom. The van der Waals surface area contributed by atoms with E-state index in [1.807, 2.05) is 49.4 Å². The molecule has 7 heteroatoms. The first-order valence-electron chi connectivity index (χ1n) is 9.96. The summed E-state index contributed by atoms with van der Waals surface area (Å²) in [5.74, 6) is -0.459. The molecule has 0 saturated heterocycles. The fraction of sp³-hybridized carbons (Fsp3) is 0.261.